The van der Waals surface area contributed by atoms with Gasteiger partial charge in [-0.15, -0.1) is 0 Å². The number of benzene rings is 2. The van der Waals surface area contributed by atoms with E-state index in [0.717, 1.165) is 11.3 Å². The summed E-state index contributed by atoms with van der Waals surface area (Å²) in [5.41, 5.74) is 2.59. The second-order valence-corrected chi connectivity index (χ2v) is 6.10. The van der Waals surface area contributed by atoms with E-state index in [9.17, 15) is 4.79 Å². The molecule has 0 N–H and O–H groups in total. The Labute approximate surface area is 142 Å². The van der Waals surface area contributed by atoms with Crippen molar-refractivity contribution in [1.82, 2.24) is 5.06 Å². The van der Waals surface area contributed by atoms with Crippen LogP contribution in [-0.4, -0.2) is 37.7 Å². The summed E-state index contributed by atoms with van der Waals surface area (Å²) < 4.78 is 5.86. The second kappa shape index (κ2) is 7.03. The monoisotopic (exact) mass is 326 g/mol. The second-order valence-electron chi connectivity index (χ2n) is 6.10. The van der Waals surface area contributed by atoms with Crippen LogP contribution in [-0.2, 0) is 9.57 Å². The summed E-state index contributed by atoms with van der Waals surface area (Å²) in [5, 5.41) is 1.40. The average molecular weight is 326 g/mol. The van der Waals surface area contributed by atoms with Crippen LogP contribution in [0.25, 0.3) is 0 Å². The Morgan fingerprint density at radius 2 is 1.75 bits per heavy atom. The smallest absolute Gasteiger partial charge is 0.277 e. The molecule has 5 heteroatoms. The van der Waals surface area contributed by atoms with Crippen LogP contribution < -0.4 is 4.90 Å². The number of hydroxylamine groups is 2. The van der Waals surface area contributed by atoms with Gasteiger partial charge < -0.3 is 9.64 Å². The molecule has 24 heavy (non-hydrogen) atoms. The predicted molar refractivity (Wildman–Crippen MR) is 92.6 cm³/mol. The van der Waals surface area contributed by atoms with Gasteiger partial charge in [-0.25, -0.2) is 9.90 Å². The third-order valence-corrected chi connectivity index (χ3v) is 3.93. The molecule has 1 heterocycles. The number of rotatable bonds is 3. The zero-order chi connectivity index (χ0) is 17.1. The SMILES string of the molecule is C[C@@H]1CN(C(=O)c2ccccc2)O[C@H](c2ccc(N(C)C)cc2)O1. The zero-order valence-corrected chi connectivity index (χ0v) is 14.2. The van der Waals surface area contributed by atoms with Gasteiger partial charge in [0.25, 0.3) is 5.91 Å². The van der Waals surface area contributed by atoms with Crippen LogP contribution in [0, 0.1) is 0 Å². The van der Waals surface area contributed by atoms with Crippen LogP contribution in [0.4, 0.5) is 5.69 Å². The van der Waals surface area contributed by atoms with E-state index in [1.807, 2.05) is 68.4 Å². The lowest BCUT2D eigenvalue weighted by Crippen LogP contribution is -2.44. The minimum absolute atomic E-state index is 0.107. The van der Waals surface area contributed by atoms with Gasteiger partial charge in [0.1, 0.15) is 0 Å². The van der Waals surface area contributed by atoms with Gasteiger partial charge in [-0.1, -0.05) is 30.3 Å². The van der Waals surface area contributed by atoms with E-state index in [4.69, 9.17) is 9.57 Å². The van der Waals surface area contributed by atoms with E-state index in [1.165, 1.54) is 5.06 Å². The van der Waals surface area contributed by atoms with Crippen molar-refractivity contribution in [1.29, 1.82) is 0 Å². The number of carbonyl (C=O) groups is 1. The minimum Gasteiger partial charge on any atom is -0.378 e. The van der Waals surface area contributed by atoms with Gasteiger partial charge in [0, 0.05) is 30.9 Å². The Balaban J connectivity index is 1.77. The van der Waals surface area contributed by atoms with Crippen LogP contribution in [0.2, 0.25) is 0 Å². The maximum Gasteiger partial charge on any atom is 0.277 e. The van der Waals surface area contributed by atoms with Gasteiger partial charge in [-0.05, 0) is 31.2 Å². The van der Waals surface area contributed by atoms with Crippen LogP contribution in [0.1, 0.15) is 29.1 Å². The summed E-state index contributed by atoms with van der Waals surface area (Å²) in [5.74, 6) is -0.152. The summed E-state index contributed by atoms with van der Waals surface area (Å²) in [6.07, 6.45) is -0.692. The molecule has 3 rings (SSSR count). The molecule has 1 aliphatic rings. The molecule has 2 aromatic carbocycles. The first kappa shape index (κ1) is 16.5. The molecule has 1 amide bonds. The Morgan fingerprint density at radius 3 is 2.38 bits per heavy atom. The van der Waals surface area contributed by atoms with E-state index < -0.39 is 6.29 Å². The van der Waals surface area contributed by atoms with E-state index in [1.54, 1.807) is 12.1 Å². The summed E-state index contributed by atoms with van der Waals surface area (Å²) in [4.78, 5) is 20.4. The number of carbonyl (C=O) groups excluding carboxylic acids is 1. The highest BCUT2D eigenvalue weighted by Crippen LogP contribution is 2.28. The molecule has 5 nitrogen and oxygen atoms in total. The maximum absolute atomic E-state index is 12.6. The molecule has 0 aliphatic carbocycles. The van der Waals surface area contributed by atoms with Crippen LogP contribution in [0.5, 0.6) is 0 Å². The van der Waals surface area contributed by atoms with E-state index in [0.29, 0.717) is 12.1 Å². The lowest BCUT2D eigenvalue weighted by Gasteiger charge is -2.36. The third kappa shape index (κ3) is 3.58. The van der Waals surface area contributed by atoms with E-state index in [2.05, 4.69) is 0 Å². The lowest BCUT2D eigenvalue weighted by atomic mass is 10.1. The fourth-order valence-corrected chi connectivity index (χ4v) is 2.60. The molecule has 126 valence electrons. The van der Waals surface area contributed by atoms with Crippen molar-refractivity contribution in [2.75, 3.05) is 25.5 Å². The number of hydrogen-bond donors (Lipinski definition) is 0. The van der Waals surface area contributed by atoms with Crippen molar-refractivity contribution in [2.45, 2.75) is 19.3 Å². The highest BCUT2D eigenvalue weighted by molar-refractivity contribution is 5.93. The Hall–Kier alpha value is -2.37. The molecular weight excluding hydrogens is 304 g/mol. The van der Waals surface area contributed by atoms with Crippen LogP contribution in [0.15, 0.2) is 54.6 Å². The normalized spacial score (nSPS) is 20.7. The van der Waals surface area contributed by atoms with Crippen molar-refractivity contribution < 1.29 is 14.4 Å². The summed E-state index contributed by atoms with van der Waals surface area (Å²) >= 11 is 0. The molecule has 1 saturated heterocycles. The summed E-state index contributed by atoms with van der Waals surface area (Å²) in [7, 11) is 3.98. The maximum atomic E-state index is 12.6. The molecule has 0 unspecified atom stereocenters. The molecule has 2 aromatic rings. The van der Waals surface area contributed by atoms with Crippen LogP contribution in [0.3, 0.4) is 0 Å². The van der Waals surface area contributed by atoms with Crippen LogP contribution >= 0.6 is 0 Å². The largest absolute Gasteiger partial charge is 0.378 e. The molecular formula is C19H22N2O3. The lowest BCUT2D eigenvalue weighted by molar-refractivity contribution is -0.320. The number of hydrogen-bond acceptors (Lipinski definition) is 4. The molecule has 0 aromatic heterocycles. The summed E-state index contributed by atoms with van der Waals surface area (Å²) in [6, 6.07) is 17.1. The van der Waals surface area contributed by atoms with Crippen molar-refractivity contribution in [2.24, 2.45) is 0 Å². The Bertz CT molecular complexity index is 686. The Kier molecular flexibility index (Phi) is 4.83. The number of anilines is 1. The van der Waals surface area contributed by atoms with Gasteiger partial charge in [-0.2, -0.15) is 0 Å². The van der Waals surface area contributed by atoms with E-state index in [-0.39, 0.29) is 12.0 Å². The first-order valence-corrected chi connectivity index (χ1v) is 8.01. The number of nitrogens with zero attached hydrogens (tertiary/aromatic N) is 2. The number of ether oxygens (including phenoxy) is 1. The van der Waals surface area contributed by atoms with Gasteiger partial charge >= 0.3 is 0 Å². The van der Waals surface area contributed by atoms with Gasteiger partial charge in [0.05, 0.1) is 12.6 Å². The highest BCUT2D eigenvalue weighted by Gasteiger charge is 2.31. The topological polar surface area (TPSA) is 42.0 Å². The standard InChI is InChI=1S/C19H22N2O3/c1-14-13-21(18(22)15-7-5-4-6-8-15)24-19(23-14)16-9-11-17(12-10-16)20(2)3/h4-12,14,19H,13H2,1-3H3/t14-,19-/m1/s1. The first-order valence-electron chi connectivity index (χ1n) is 8.01. The highest BCUT2D eigenvalue weighted by atomic mass is 16.8. The van der Waals surface area contributed by atoms with Crippen molar-refractivity contribution >= 4 is 11.6 Å². The molecule has 1 aliphatic heterocycles. The average Bonchev–Trinajstić information content (AvgIpc) is 2.61. The molecule has 0 saturated carbocycles. The molecule has 0 spiro atoms. The molecule has 2 atom stereocenters. The van der Waals surface area contributed by atoms with E-state index >= 15 is 0 Å². The summed E-state index contributed by atoms with van der Waals surface area (Å²) in [6.45, 7) is 2.34. The van der Waals surface area contributed by atoms with Crippen molar-refractivity contribution in [3.05, 3.63) is 65.7 Å². The molecule has 0 radical (unpaired) electrons. The molecule has 1 fully saturated rings. The number of amides is 1. The van der Waals surface area contributed by atoms with Crippen molar-refractivity contribution in [3.63, 3.8) is 0 Å². The fourth-order valence-electron chi connectivity index (χ4n) is 2.60. The molecule has 0 bridgehead atoms. The zero-order valence-electron chi connectivity index (χ0n) is 14.2. The quantitative estimate of drug-likeness (QED) is 0.868. The third-order valence-electron chi connectivity index (χ3n) is 3.93. The fraction of sp³-hybridized carbons (Fsp3) is 0.316. The van der Waals surface area contributed by atoms with Crippen molar-refractivity contribution in [3.8, 4) is 0 Å². The predicted octanol–water partition coefficient (Wildman–Crippen LogP) is 3.24. The Morgan fingerprint density at radius 1 is 1.08 bits per heavy atom. The minimum atomic E-state index is -0.586. The van der Waals surface area contributed by atoms with Gasteiger partial charge in [0.15, 0.2) is 0 Å². The van der Waals surface area contributed by atoms with Gasteiger partial charge in [-0.3, -0.25) is 4.79 Å². The first-order chi connectivity index (χ1) is 11.5. The van der Waals surface area contributed by atoms with Gasteiger partial charge in [0.2, 0.25) is 6.29 Å².